The van der Waals surface area contributed by atoms with Crippen LogP contribution in [-0.4, -0.2) is 27.1 Å². The lowest BCUT2D eigenvalue weighted by atomic mass is 10.2. The van der Waals surface area contributed by atoms with Crippen LogP contribution in [-0.2, 0) is 14.8 Å². The molecule has 2 aromatic carbocycles. The van der Waals surface area contributed by atoms with Crippen molar-refractivity contribution in [2.24, 2.45) is 0 Å². The summed E-state index contributed by atoms with van der Waals surface area (Å²) in [6, 6.07) is 10.1. The second-order valence-corrected chi connectivity index (χ2v) is 7.60. The van der Waals surface area contributed by atoms with Crippen LogP contribution >= 0.6 is 11.6 Å². The first-order chi connectivity index (χ1) is 11.2. The third-order valence-electron chi connectivity index (χ3n) is 3.25. The van der Waals surface area contributed by atoms with Gasteiger partial charge in [-0.2, -0.15) is 0 Å². The third kappa shape index (κ3) is 4.69. The van der Waals surface area contributed by atoms with E-state index in [0.717, 1.165) is 10.6 Å². The number of rotatable bonds is 5. The lowest BCUT2D eigenvalue weighted by Crippen LogP contribution is -2.37. The Kier molecular flexibility index (Phi) is 5.46. The molecule has 0 spiro atoms. The summed E-state index contributed by atoms with van der Waals surface area (Å²) >= 11 is 5.88. The number of anilines is 2. The zero-order valence-corrected chi connectivity index (χ0v) is 14.7. The van der Waals surface area contributed by atoms with Gasteiger partial charge in [0.1, 0.15) is 12.4 Å². The van der Waals surface area contributed by atoms with Crippen molar-refractivity contribution in [3.63, 3.8) is 0 Å². The predicted octanol–water partition coefficient (Wildman–Crippen LogP) is 3.19. The highest BCUT2D eigenvalue weighted by Gasteiger charge is 2.21. The molecular weight excluding hydrogens is 355 g/mol. The molecule has 2 rings (SSSR count). The van der Waals surface area contributed by atoms with Crippen molar-refractivity contribution in [1.82, 2.24) is 0 Å². The van der Waals surface area contributed by atoms with Crippen LogP contribution in [0.3, 0.4) is 0 Å². The molecule has 1 amide bonds. The molecule has 0 saturated carbocycles. The van der Waals surface area contributed by atoms with E-state index >= 15 is 0 Å². The van der Waals surface area contributed by atoms with Gasteiger partial charge < -0.3 is 5.32 Å². The van der Waals surface area contributed by atoms with E-state index in [4.69, 9.17) is 11.6 Å². The maximum absolute atomic E-state index is 13.1. The number of carbonyl (C=O) groups excluding carboxylic acids is 1. The SMILES string of the molecule is Cc1cc(F)ccc1NC(=O)CN(c1cccc(Cl)c1)S(C)(=O)=O. The van der Waals surface area contributed by atoms with Gasteiger partial charge in [0.2, 0.25) is 15.9 Å². The van der Waals surface area contributed by atoms with Gasteiger partial charge in [-0.05, 0) is 48.9 Å². The highest BCUT2D eigenvalue weighted by Crippen LogP contribution is 2.22. The van der Waals surface area contributed by atoms with E-state index < -0.39 is 28.3 Å². The second kappa shape index (κ2) is 7.19. The molecule has 0 aromatic heterocycles. The van der Waals surface area contributed by atoms with Gasteiger partial charge in [0.15, 0.2) is 0 Å². The Labute approximate surface area is 145 Å². The first kappa shape index (κ1) is 18.2. The van der Waals surface area contributed by atoms with Gasteiger partial charge in [-0.25, -0.2) is 12.8 Å². The molecule has 0 aliphatic carbocycles. The third-order valence-corrected chi connectivity index (χ3v) is 4.62. The summed E-state index contributed by atoms with van der Waals surface area (Å²) in [6.07, 6.45) is 1.00. The van der Waals surface area contributed by atoms with Crippen LogP contribution in [0, 0.1) is 12.7 Å². The number of aryl methyl sites for hydroxylation is 1. The number of nitrogens with one attached hydrogen (secondary N) is 1. The molecule has 0 fully saturated rings. The van der Waals surface area contributed by atoms with Crippen LogP contribution in [0.25, 0.3) is 0 Å². The van der Waals surface area contributed by atoms with Crippen LogP contribution < -0.4 is 9.62 Å². The number of hydrogen-bond donors (Lipinski definition) is 1. The molecule has 8 heteroatoms. The summed E-state index contributed by atoms with van der Waals surface area (Å²) in [4.78, 5) is 12.2. The molecule has 128 valence electrons. The highest BCUT2D eigenvalue weighted by atomic mass is 35.5. The van der Waals surface area contributed by atoms with E-state index in [0.29, 0.717) is 16.3 Å². The van der Waals surface area contributed by atoms with Crippen LogP contribution in [0.5, 0.6) is 0 Å². The molecule has 0 aliphatic heterocycles. The molecule has 0 atom stereocenters. The maximum atomic E-state index is 13.1. The van der Waals surface area contributed by atoms with E-state index in [2.05, 4.69) is 5.32 Å². The molecule has 24 heavy (non-hydrogen) atoms. The molecule has 1 N–H and O–H groups in total. The van der Waals surface area contributed by atoms with E-state index in [1.165, 1.54) is 24.3 Å². The fourth-order valence-electron chi connectivity index (χ4n) is 2.12. The van der Waals surface area contributed by atoms with Gasteiger partial charge in [0, 0.05) is 10.7 Å². The molecule has 0 bridgehead atoms. The van der Waals surface area contributed by atoms with Crippen LogP contribution in [0.1, 0.15) is 5.56 Å². The largest absolute Gasteiger partial charge is 0.324 e. The van der Waals surface area contributed by atoms with Crippen molar-refractivity contribution >= 4 is 38.9 Å². The quantitative estimate of drug-likeness (QED) is 0.878. The molecule has 5 nitrogen and oxygen atoms in total. The van der Waals surface area contributed by atoms with Crippen molar-refractivity contribution in [2.45, 2.75) is 6.92 Å². The van der Waals surface area contributed by atoms with Crippen molar-refractivity contribution in [2.75, 3.05) is 22.4 Å². The number of hydrogen-bond acceptors (Lipinski definition) is 3. The first-order valence-corrected chi connectivity index (χ1v) is 9.19. The predicted molar refractivity (Wildman–Crippen MR) is 93.4 cm³/mol. The van der Waals surface area contributed by atoms with Gasteiger partial charge in [0.25, 0.3) is 0 Å². The average Bonchev–Trinajstić information content (AvgIpc) is 2.46. The second-order valence-electron chi connectivity index (χ2n) is 5.26. The van der Waals surface area contributed by atoms with Gasteiger partial charge in [0.05, 0.1) is 11.9 Å². The topological polar surface area (TPSA) is 66.5 Å². The number of sulfonamides is 1. The van der Waals surface area contributed by atoms with E-state index in [1.54, 1.807) is 25.1 Å². The van der Waals surface area contributed by atoms with E-state index in [-0.39, 0.29) is 5.69 Å². The van der Waals surface area contributed by atoms with Crippen molar-refractivity contribution in [1.29, 1.82) is 0 Å². The number of amides is 1. The van der Waals surface area contributed by atoms with Gasteiger partial charge in [-0.1, -0.05) is 17.7 Å². The Balaban J connectivity index is 2.22. The lowest BCUT2D eigenvalue weighted by Gasteiger charge is -2.22. The van der Waals surface area contributed by atoms with Crippen LogP contribution in [0.2, 0.25) is 5.02 Å². The van der Waals surface area contributed by atoms with Gasteiger partial charge >= 0.3 is 0 Å². The number of benzene rings is 2. The fourth-order valence-corrected chi connectivity index (χ4v) is 3.15. The highest BCUT2D eigenvalue weighted by molar-refractivity contribution is 7.92. The van der Waals surface area contributed by atoms with Crippen LogP contribution in [0.15, 0.2) is 42.5 Å². The number of nitrogens with zero attached hydrogens (tertiary/aromatic N) is 1. The monoisotopic (exact) mass is 370 g/mol. The summed E-state index contributed by atoms with van der Waals surface area (Å²) in [5.74, 6) is -0.961. The number of halogens is 2. The lowest BCUT2D eigenvalue weighted by molar-refractivity contribution is -0.114. The summed E-state index contributed by atoms with van der Waals surface area (Å²) in [5, 5.41) is 2.94. The summed E-state index contributed by atoms with van der Waals surface area (Å²) < 4.78 is 38.0. The zero-order chi connectivity index (χ0) is 17.9. The summed E-state index contributed by atoms with van der Waals surface area (Å²) in [5.41, 5.74) is 1.24. The molecular formula is C16H16ClFN2O3S. The number of carbonyl (C=O) groups is 1. The van der Waals surface area contributed by atoms with E-state index in [9.17, 15) is 17.6 Å². The molecule has 0 radical (unpaired) electrons. The normalized spacial score (nSPS) is 11.2. The van der Waals surface area contributed by atoms with Gasteiger partial charge in [-0.3, -0.25) is 9.10 Å². The first-order valence-electron chi connectivity index (χ1n) is 6.96. The molecule has 0 saturated heterocycles. The molecule has 0 unspecified atom stereocenters. The Morgan fingerprint density at radius 2 is 1.96 bits per heavy atom. The maximum Gasteiger partial charge on any atom is 0.245 e. The minimum atomic E-state index is -3.69. The van der Waals surface area contributed by atoms with E-state index in [1.807, 2.05) is 0 Å². The Morgan fingerprint density at radius 1 is 1.25 bits per heavy atom. The zero-order valence-electron chi connectivity index (χ0n) is 13.1. The minimum Gasteiger partial charge on any atom is -0.324 e. The fraction of sp³-hybridized carbons (Fsp3) is 0.188. The van der Waals surface area contributed by atoms with Crippen molar-refractivity contribution < 1.29 is 17.6 Å². The smallest absolute Gasteiger partial charge is 0.245 e. The Morgan fingerprint density at radius 3 is 2.54 bits per heavy atom. The van der Waals surface area contributed by atoms with Gasteiger partial charge in [-0.15, -0.1) is 0 Å². The molecule has 2 aromatic rings. The standard InChI is InChI=1S/C16H16ClFN2O3S/c1-11-8-13(18)6-7-15(11)19-16(21)10-20(24(2,22)23)14-5-3-4-12(17)9-14/h3-9H,10H2,1-2H3,(H,19,21). The molecule has 0 aliphatic rings. The molecule has 0 heterocycles. The summed E-state index contributed by atoms with van der Waals surface area (Å²) in [7, 11) is -3.69. The van der Waals surface area contributed by atoms with Crippen LogP contribution in [0.4, 0.5) is 15.8 Å². The van der Waals surface area contributed by atoms with Crippen molar-refractivity contribution in [3.05, 3.63) is 58.9 Å². The average molecular weight is 371 g/mol. The Hall–Kier alpha value is -2.12. The Bertz CT molecular complexity index is 871. The summed E-state index contributed by atoms with van der Waals surface area (Å²) in [6.45, 7) is 1.22. The minimum absolute atomic E-state index is 0.288. The van der Waals surface area contributed by atoms with Crippen molar-refractivity contribution in [3.8, 4) is 0 Å².